The van der Waals surface area contributed by atoms with Gasteiger partial charge in [-0.05, 0) is 32.1 Å². The zero-order valence-electron chi connectivity index (χ0n) is 4.56. The van der Waals surface area contributed by atoms with Crippen LogP contribution in [-0.2, 0) is 21.0 Å². The zero-order valence-corrected chi connectivity index (χ0v) is 7.59. The van der Waals surface area contributed by atoms with E-state index >= 15 is 0 Å². The van der Waals surface area contributed by atoms with Crippen molar-refractivity contribution in [2.75, 3.05) is 0 Å². The Balaban J connectivity index is -0.0000000836. The molecular formula is C5H7Cl2OV. The van der Waals surface area contributed by atoms with E-state index in [9.17, 15) is 0 Å². The number of rotatable bonds is 0. The SMILES string of the molecule is Cl.Cl.[CH]1[CH][CH][CH][CH]1.[O]=[V]. The molecule has 0 aromatic rings. The van der Waals surface area contributed by atoms with E-state index in [0.717, 1.165) is 17.4 Å². The fraction of sp³-hybridized carbons (Fsp3) is 0. The van der Waals surface area contributed by atoms with Crippen LogP contribution in [0.15, 0.2) is 0 Å². The minimum absolute atomic E-state index is 0. The first kappa shape index (κ1) is 16.5. The second-order valence-corrected chi connectivity index (χ2v) is 0.962. The molecule has 1 saturated carbocycles. The topological polar surface area (TPSA) is 17.1 Å². The molecular weight excluding hydrogens is 198 g/mol. The molecule has 0 N–H and O–H groups in total. The molecule has 1 aliphatic carbocycles. The van der Waals surface area contributed by atoms with Gasteiger partial charge < -0.3 is 0 Å². The summed E-state index contributed by atoms with van der Waals surface area (Å²) >= 11 is 1.06. The average Bonchev–Trinajstić information content (AvgIpc) is 2.23. The molecule has 0 aromatic carbocycles. The number of hydrogen-bond acceptors (Lipinski definition) is 1. The standard InChI is InChI=1S/C5H5.2ClH.O.V/c1-2-4-5-3-1;;;;/h1-5H;2*1H;;. The van der Waals surface area contributed by atoms with Gasteiger partial charge in [-0.15, -0.1) is 24.8 Å². The average molecular weight is 205 g/mol. The summed E-state index contributed by atoms with van der Waals surface area (Å²) < 4.78 is 8.19. The Morgan fingerprint density at radius 1 is 0.667 bits per heavy atom. The summed E-state index contributed by atoms with van der Waals surface area (Å²) in [5.41, 5.74) is 0. The second-order valence-electron chi connectivity index (χ2n) is 0.962. The Kier molecular flexibility index (Phi) is 29.3. The van der Waals surface area contributed by atoms with Crippen LogP contribution in [0.3, 0.4) is 0 Å². The predicted octanol–water partition coefficient (Wildman–Crippen LogP) is 1.74. The van der Waals surface area contributed by atoms with Gasteiger partial charge in [0.2, 0.25) is 0 Å². The van der Waals surface area contributed by atoms with Crippen molar-refractivity contribution in [2.24, 2.45) is 0 Å². The zero-order chi connectivity index (χ0) is 5.54. The molecule has 0 amide bonds. The predicted molar refractivity (Wildman–Crippen MR) is 36.7 cm³/mol. The summed E-state index contributed by atoms with van der Waals surface area (Å²) in [5.74, 6) is 0. The second kappa shape index (κ2) is 16.0. The molecule has 0 atom stereocenters. The Hall–Kier alpha value is 0.964. The molecule has 0 aromatic heterocycles. The first-order chi connectivity index (χ1) is 3.50. The van der Waals surface area contributed by atoms with Crippen molar-refractivity contribution >= 4 is 24.8 Å². The first-order valence-electron chi connectivity index (χ1n) is 1.85. The Morgan fingerprint density at radius 3 is 0.889 bits per heavy atom. The van der Waals surface area contributed by atoms with Crippen molar-refractivity contribution in [3.05, 3.63) is 32.1 Å². The maximum atomic E-state index is 8.19. The Labute approximate surface area is 78.0 Å². The normalized spacial score (nSPS) is 13.7. The molecule has 1 aliphatic rings. The van der Waals surface area contributed by atoms with Crippen LogP contribution >= 0.6 is 24.8 Å². The van der Waals surface area contributed by atoms with Crippen LogP contribution in [0.2, 0.25) is 0 Å². The summed E-state index contributed by atoms with van der Waals surface area (Å²) in [5, 5.41) is 0. The monoisotopic (exact) mass is 204 g/mol. The summed E-state index contributed by atoms with van der Waals surface area (Å²) in [6, 6.07) is 0. The van der Waals surface area contributed by atoms with Gasteiger partial charge in [-0.1, -0.05) is 0 Å². The minimum atomic E-state index is 0. The molecule has 5 radical (unpaired) electrons. The van der Waals surface area contributed by atoms with Gasteiger partial charge in [0.05, 0.1) is 0 Å². The summed E-state index contributed by atoms with van der Waals surface area (Å²) in [4.78, 5) is 0. The third-order valence-corrected chi connectivity index (χ3v) is 0.556. The van der Waals surface area contributed by atoms with Gasteiger partial charge in [0, 0.05) is 0 Å². The van der Waals surface area contributed by atoms with E-state index < -0.39 is 0 Å². The molecule has 4 heteroatoms. The van der Waals surface area contributed by atoms with Crippen LogP contribution in [-0.4, -0.2) is 0 Å². The third-order valence-electron chi connectivity index (χ3n) is 0.556. The van der Waals surface area contributed by atoms with Crippen LogP contribution in [0.4, 0.5) is 0 Å². The van der Waals surface area contributed by atoms with Crippen LogP contribution in [0.1, 0.15) is 0 Å². The van der Waals surface area contributed by atoms with Crippen LogP contribution in [0.25, 0.3) is 0 Å². The van der Waals surface area contributed by atoms with Gasteiger partial charge in [0.25, 0.3) is 0 Å². The van der Waals surface area contributed by atoms with Crippen molar-refractivity contribution < 1.29 is 21.0 Å². The van der Waals surface area contributed by atoms with Crippen LogP contribution in [0, 0.1) is 32.1 Å². The van der Waals surface area contributed by atoms with Gasteiger partial charge in [0.15, 0.2) is 0 Å². The van der Waals surface area contributed by atoms with Crippen molar-refractivity contribution in [2.45, 2.75) is 0 Å². The van der Waals surface area contributed by atoms with Crippen molar-refractivity contribution in [3.8, 4) is 0 Å². The van der Waals surface area contributed by atoms with Gasteiger partial charge in [-0.25, -0.2) is 0 Å². The Morgan fingerprint density at radius 2 is 0.778 bits per heavy atom. The van der Waals surface area contributed by atoms with Gasteiger partial charge in [-0.2, -0.15) is 0 Å². The maximum absolute atomic E-state index is 8.19. The molecule has 0 heterocycles. The van der Waals surface area contributed by atoms with E-state index in [-0.39, 0.29) is 24.8 Å². The molecule has 0 bridgehead atoms. The number of hydrogen-bond donors (Lipinski definition) is 0. The van der Waals surface area contributed by atoms with Crippen molar-refractivity contribution in [1.82, 2.24) is 0 Å². The van der Waals surface area contributed by atoms with Crippen molar-refractivity contribution in [3.63, 3.8) is 0 Å². The quantitative estimate of drug-likeness (QED) is 0.588. The van der Waals surface area contributed by atoms with Gasteiger partial charge >= 0.3 is 21.0 Å². The van der Waals surface area contributed by atoms with E-state index in [1.807, 2.05) is 32.1 Å². The molecule has 1 fully saturated rings. The van der Waals surface area contributed by atoms with Crippen molar-refractivity contribution in [1.29, 1.82) is 0 Å². The number of halogens is 2. The molecule has 0 saturated heterocycles. The summed E-state index contributed by atoms with van der Waals surface area (Å²) in [7, 11) is 0. The fourth-order valence-electron chi connectivity index (χ4n) is 0.321. The van der Waals surface area contributed by atoms with Gasteiger partial charge in [0.1, 0.15) is 0 Å². The molecule has 9 heavy (non-hydrogen) atoms. The molecule has 0 unspecified atom stereocenters. The van der Waals surface area contributed by atoms with E-state index in [2.05, 4.69) is 0 Å². The molecule has 1 nitrogen and oxygen atoms in total. The summed E-state index contributed by atoms with van der Waals surface area (Å²) in [6.45, 7) is 0. The molecule has 52 valence electrons. The molecule has 0 aliphatic heterocycles. The van der Waals surface area contributed by atoms with E-state index in [1.54, 1.807) is 0 Å². The van der Waals surface area contributed by atoms with Crippen LogP contribution < -0.4 is 0 Å². The van der Waals surface area contributed by atoms with E-state index in [0.29, 0.717) is 0 Å². The molecule has 1 rings (SSSR count). The Bertz CT molecular complexity index is 34.3. The fourth-order valence-corrected chi connectivity index (χ4v) is 0.321. The van der Waals surface area contributed by atoms with Crippen LogP contribution in [0.5, 0.6) is 0 Å². The van der Waals surface area contributed by atoms with E-state index in [4.69, 9.17) is 3.67 Å². The summed E-state index contributed by atoms with van der Waals surface area (Å²) in [6.07, 6.45) is 10.0. The molecule has 0 spiro atoms. The third kappa shape index (κ3) is 12.2. The van der Waals surface area contributed by atoms with Gasteiger partial charge in [-0.3, -0.25) is 0 Å². The van der Waals surface area contributed by atoms with E-state index in [1.165, 1.54) is 0 Å². The first-order valence-corrected chi connectivity index (χ1v) is 2.42.